The zero-order valence-electron chi connectivity index (χ0n) is 47.2. The highest BCUT2D eigenvalue weighted by molar-refractivity contribution is 6.34. The number of hydrogen-bond acceptors (Lipinski definition) is 21. The lowest BCUT2D eigenvalue weighted by atomic mass is 9.66. The average molecular weight is 1220 g/mol. The summed E-state index contributed by atoms with van der Waals surface area (Å²) in [7, 11) is 0. The number of rotatable bonds is 4. The van der Waals surface area contributed by atoms with Crippen LogP contribution in [0.15, 0.2) is 91.0 Å². The number of ketones is 9. The molecule has 13 rings (SSSR count). The first-order chi connectivity index (χ1) is 41.0. The molecule has 0 aromatic heterocycles. The Hall–Kier alpha value is -9.32. The van der Waals surface area contributed by atoms with Crippen molar-refractivity contribution in [2.24, 2.45) is 5.73 Å². The van der Waals surface area contributed by atoms with Gasteiger partial charge in [0, 0.05) is 103 Å². The Morgan fingerprint density at radius 2 is 0.864 bits per heavy atom. The van der Waals surface area contributed by atoms with E-state index in [9.17, 15) is 94.2 Å². The first kappa shape index (κ1) is 61.8. The molecule has 22 heteroatoms. The topological polar surface area (TPSA) is 391 Å². The van der Waals surface area contributed by atoms with Crippen molar-refractivity contribution in [3.63, 3.8) is 0 Å². The Morgan fingerprint density at radius 3 is 1.28 bits per heavy atom. The number of fused-ring (bicyclic) bond motifs is 9. The second-order valence-corrected chi connectivity index (χ2v) is 22.9. The van der Waals surface area contributed by atoms with Crippen LogP contribution in [0.5, 0.6) is 34.5 Å². The Morgan fingerprint density at radius 1 is 0.500 bits per heavy atom. The van der Waals surface area contributed by atoms with Gasteiger partial charge >= 0.3 is 0 Å². The number of benzene rings is 7. The molecule has 4 unspecified atom stereocenters. The molecule has 12 N–H and O–H groups in total. The summed E-state index contributed by atoms with van der Waals surface area (Å²) in [5, 5.41) is 108. The van der Waals surface area contributed by atoms with Crippen molar-refractivity contribution in [2.75, 3.05) is 0 Å². The van der Waals surface area contributed by atoms with E-state index in [1.807, 2.05) is 0 Å². The molecule has 1 aliphatic heterocycles. The largest absolute Gasteiger partial charge is 0.507 e. The molecule has 0 bridgehead atoms. The first-order valence-corrected chi connectivity index (χ1v) is 27.6. The number of phenolic OH excluding ortho intramolecular Hbond substituents is 6. The van der Waals surface area contributed by atoms with Crippen molar-refractivity contribution in [3.05, 3.63) is 186 Å². The van der Waals surface area contributed by atoms with Crippen LogP contribution in [0, 0.1) is 0 Å². The summed E-state index contributed by atoms with van der Waals surface area (Å²) in [6.07, 6.45) is -4.94. The van der Waals surface area contributed by atoms with Crippen molar-refractivity contribution in [1.82, 2.24) is 0 Å². The zero-order valence-corrected chi connectivity index (χ0v) is 48.0. The smallest absolute Gasteiger partial charge is 0.198 e. The van der Waals surface area contributed by atoms with E-state index in [1.165, 1.54) is 56.3 Å². The summed E-state index contributed by atoms with van der Waals surface area (Å²) >= 11 is 0. The van der Waals surface area contributed by atoms with E-state index >= 15 is 0 Å². The number of aromatic hydroxyl groups is 6. The summed E-state index contributed by atoms with van der Waals surface area (Å²) < 4.78 is 5.98. The average Bonchev–Trinajstić information content (AvgIpc) is 1.29. The highest BCUT2D eigenvalue weighted by Gasteiger charge is 2.52. The quantitative estimate of drug-likeness (QED) is 0.0720. The van der Waals surface area contributed by atoms with E-state index in [2.05, 4.69) is 0 Å². The lowest BCUT2D eigenvalue weighted by molar-refractivity contribution is -0.146. The molecule has 1 heterocycles. The Bertz CT molecular complexity index is 4330. The van der Waals surface area contributed by atoms with Crippen LogP contribution in [0.4, 0.5) is 0 Å². The van der Waals surface area contributed by atoms with Gasteiger partial charge in [0.25, 0.3) is 0 Å². The molecule has 8 atom stereocenters. The highest BCUT2D eigenvalue weighted by Crippen LogP contribution is 2.55. The van der Waals surface area contributed by atoms with Gasteiger partial charge in [-0.05, 0) is 52.7 Å². The van der Waals surface area contributed by atoms with Crippen molar-refractivity contribution >= 4 is 75.2 Å². The lowest BCUT2D eigenvalue weighted by Crippen LogP contribution is -2.54. The van der Waals surface area contributed by atoms with Gasteiger partial charge in [0.05, 0.1) is 57.8 Å². The molecular weight excluding hydrogens is 1160 g/mol. The number of carbonyl (C=O) groups is 9. The third-order valence-corrected chi connectivity index (χ3v) is 17.8. The fraction of sp³-hybridized carbons (Fsp3) is 0.258. The molecule has 6 aliphatic rings. The lowest BCUT2D eigenvalue weighted by Gasteiger charge is -2.45. The normalized spacial score (nSPS) is 23.6. The van der Waals surface area contributed by atoms with Gasteiger partial charge in [0.2, 0.25) is 0 Å². The number of ether oxygens (including phenoxy) is 1. The van der Waals surface area contributed by atoms with Gasteiger partial charge in [0.1, 0.15) is 45.7 Å². The van der Waals surface area contributed by atoms with E-state index in [0.717, 1.165) is 6.92 Å². The molecule has 0 spiro atoms. The molecule has 5 aliphatic carbocycles. The second-order valence-electron chi connectivity index (χ2n) is 22.9. The number of aliphatic hydroxyl groups excluding tert-OH is 2. The first-order valence-electron chi connectivity index (χ1n) is 27.6. The van der Waals surface area contributed by atoms with Crippen molar-refractivity contribution in [2.45, 2.75) is 107 Å². The van der Waals surface area contributed by atoms with Crippen molar-refractivity contribution < 1.29 is 99.0 Å². The fourth-order valence-electron chi connectivity index (χ4n) is 13.0. The number of Topliss-reactive ketones (excluding diaryl/α,β-unsaturated/α-hetero) is 3. The highest BCUT2D eigenvalue weighted by atomic mass is 35.5. The van der Waals surface area contributed by atoms with Crippen LogP contribution >= 0.6 is 12.4 Å². The van der Waals surface area contributed by atoms with Gasteiger partial charge in [0.15, 0.2) is 52.0 Å². The van der Waals surface area contributed by atoms with Gasteiger partial charge in [-0.25, -0.2) is 0 Å². The Labute approximate surface area is 505 Å². The van der Waals surface area contributed by atoms with Crippen LogP contribution in [-0.2, 0) is 27.2 Å². The SMILES string of the molecule is CC(=O)[C@]1(O)Cc2c(O)c3c(c(O)c2[C@@H](C2CC(N)C(O)C(C)O2)C1)C(=O)c1ccccc1C3=O.CC(=O)[C@]1(O)Cc2c(O)c3c(c(O)c2[C@@H](O)C1)C(=O)c1ccccc1C3=O.CC(=O)c1ccc2c(c1)C(=O)c1c(c(O)c3ccccc3c1O)C2=O.Cl. The number of halogens is 1. The summed E-state index contributed by atoms with van der Waals surface area (Å²) in [5.74, 6) is -8.84. The standard InChI is InChI=1S/C26H27NO8.C20H16O7.C20H12O5.ClH/c1-10-21(29)16(27)7-17(35-10)14-8-26(34,11(2)28)9-15-18(14)25(33)20-19(24(15)32)22(30)12-5-3-4-6-13(12)23(20)31;1-8(21)20(27)6-11-13(12(22)7-20)19(26)15-14(18(11)25)16(23)9-4-2-3-5-10(9)17(15)24;1-9(21)10-6-7-13-14(8-10)20(25)16-15(19(13)24)17(22)11-4-2-3-5-12(11)18(16)23;/h3-6,10,14,16-17,21,29,32-34H,7-9,27H2,1-2H3;2-5,12,22,25-27H,6-7H2,1H3;2-8,22-23H,1H3;1H/t10?,14-,16?,17?,21?,26-;12-,20-;;/m10../s1. The third-order valence-electron chi connectivity index (χ3n) is 17.8. The van der Waals surface area contributed by atoms with Crippen LogP contribution in [0.1, 0.15) is 187 Å². The van der Waals surface area contributed by atoms with E-state index in [-0.39, 0.29) is 156 Å². The van der Waals surface area contributed by atoms with Gasteiger partial charge in [-0.1, -0.05) is 78.9 Å². The van der Waals surface area contributed by atoms with Gasteiger partial charge in [-0.15, -0.1) is 12.4 Å². The summed E-state index contributed by atoms with van der Waals surface area (Å²) in [6.45, 7) is 5.38. The maximum atomic E-state index is 13.4. The van der Waals surface area contributed by atoms with Crippen LogP contribution < -0.4 is 5.73 Å². The van der Waals surface area contributed by atoms with Crippen LogP contribution in [0.25, 0.3) is 10.8 Å². The van der Waals surface area contributed by atoms with Gasteiger partial charge in [-0.3, -0.25) is 43.2 Å². The molecule has 452 valence electrons. The number of hydrogen-bond donors (Lipinski definition) is 11. The predicted octanol–water partition coefficient (Wildman–Crippen LogP) is 5.91. The summed E-state index contributed by atoms with van der Waals surface area (Å²) in [5.41, 5.74) is 1.19. The Kier molecular flexibility index (Phi) is 15.5. The number of phenols is 6. The number of nitrogens with two attached hydrogens (primary N) is 1. The van der Waals surface area contributed by atoms with Crippen LogP contribution in [-0.4, -0.2) is 139 Å². The monoisotopic (exact) mass is 1220 g/mol. The van der Waals surface area contributed by atoms with Crippen molar-refractivity contribution in [3.8, 4) is 34.5 Å². The predicted molar refractivity (Wildman–Crippen MR) is 313 cm³/mol. The second kappa shape index (κ2) is 22.1. The van der Waals surface area contributed by atoms with Gasteiger partial charge < -0.3 is 61.5 Å². The minimum absolute atomic E-state index is 0. The molecule has 7 aromatic carbocycles. The van der Waals surface area contributed by atoms with Crippen LogP contribution in [0.3, 0.4) is 0 Å². The molecule has 1 saturated heterocycles. The third kappa shape index (κ3) is 9.35. The maximum absolute atomic E-state index is 13.4. The number of carbonyl (C=O) groups excluding carboxylic acids is 9. The number of aliphatic hydroxyl groups is 4. The molecule has 88 heavy (non-hydrogen) atoms. The van der Waals surface area contributed by atoms with E-state index in [4.69, 9.17) is 10.5 Å². The molecule has 0 saturated carbocycles. The summed E-state index contributed by atoms with van der Waals surface area (Å²) in [4.78, 5) is 114. The van der Waals surface area contributed by atoms with E-state index in [0.29, 0.717) is 10.9 Å². The van der Waals surface area contributed by atoms with E-state index < -0.39 is 117 Å². The van der Waals surface area contributed by atoms with Crippen molar-refractivity contribution in [1.29, 1.82) is 0 Å². The van der Waals surface area contributed by atoms with Gasteiger partial charge in [-0.2, -0.15) is 0 Å². The molecule has 21 nitrogen and oxygen atoms in total. The maximum Gasteiger partial charge on any atom is 0.198 e. The summed E-state index contributed by atoms with van der Waals surface area (Å²) in [6, 6.07) is 22.2. The molecule has 7 aromatic rings. The molecule has 0 amide bonds. The van der Waals surface area contributed by atoms with E-state index in [1.54, 1.807) is 55.5 Å². The van der Waals surface area contributed by atoms with Crippen LogP contribution in [0.2, 0.25) is 0 Å². The molecular formula is C66H56ClNO20. The molecule has 0 radical (unpaired) electrons. The Balaban J connectivity index is 0.000000147. The minimum atomic E-state index is -1.94. The fourth-order valence-corrected chi connectivity index (χ4v) is 13.0. The molecule has 1 fully saturated rings. The zero-order chi connectivity index (χ0) is 62.9. The minimum Gasteiger partial charge on any atom is -0.507 e.